The molecule has 0 aromatic heterocycles. The molecular weight excluding hydrogens is 1230 g/mol. The number of hydrogen-bond acceptors (Lipinski definition) is 26. The highest BCUT2D eigenvalue weighted by molar-refractivity contribution is 5.92. The fourth-order valence-corrected chi connectivity index (χ4v) is 7.52. The van der Waals surface area contributed by atoms with Gasteiger partial charge in [0.2, 0.25) is 5.91 Å². The monoisotopic (exact) mass is 1310 g/mol. The third kappa shape index (κ3) is 30.9. The zero-order valence-corrected chi connectivity index (χ0v) is 52.0. The summed E-state index contributed by atoms with van der Waals surface area (Å²) in [6, 6.07) is 13.7. The molecule has 0 heterocycles. The Morgan fingerprint density at radius 1 is 0.287 bits per heavy atom. The van der Waals surface area contributed by atoms with E-state index in [9.17, 15) is 57.5 Å². The van der Waals surface area contributed by atoms with Crippen LogP contribution in [-0.4, -0.2) is 184 Å². The lowest BCUT2D eigenvalue weighted by Gasteiger charge is -2.35. The normalized spacial score (nSPS) is 10.9. The molecule has 0 aliphatic rings. The van der Waals surface area contributed by atoms with Gasteiger partial charge in [0.1, 0.15) is 79.3 Å². The Labute approximate surface area is 543 Å². The molecule has 0 aliphatic heterocycles. The van der Waals surface area contributed by atoms with E-state index >= 15 is 0 Å². The topological polar surface area (TPSA) is 346 Å². The highest BCUT2D eigenvalue weighted by atomic mass is 16.6. The molecule has 94 heavy (non-hydrogen) atoms. The van der Waals surface area contributed by atoms with Crippen molar-refractivity contribution in [2.45, 2.75) is 12.8 Å². The van der Waals surface area contributed by atoms with Gasteiger partial charge in [-0.05, 0) is 35.2 Å². The van der Waals surface area contributed by atoms with Crippen molar-refractivity contribution < 1.29 is 124 Å². The Bertz CT molecular complexity index is 2900. The van der Waals surface area contributed by atoms with Crippen LogP contribution in [0.4, 0.5) is 5.69 Å². The van der Waals surface area contributed by atoms with E-state index in [0.717, 1.165) is 71.9 Å². The fourth-order valence-electron chi connectivity index (χ4n) is 7.52. The van der Waals surface area contributed by atoms with Crippen LogP contribution in [0.2, 0.25) is 0 Å². The Hall–Kier alpha value is -10.6. The number of anilines is 1. The minimum Gasteiger partial charge on any atom is -0.464 e. The molecule has 1 amide bonds. The summed E-state index contributed by atoms with van der Waals surface area (Å²) in [5, 5.41) is 2.71. The summed E-state index contributed by atoms with van der Waals surface area (Å²) >= 11 is 0. The van der Waals surface area contributed by atoms with Gasteiger partial charge in [0.15, 0.2) is 0 Å². The van der Waals surface area contributed by atoms with Crippen LogP contribution in [0.15, 0.2) is 175 Å². The van der Waals surface area contributed by atoms with Gasteiger partial charge in [-0.15, -0.1) is 0 Å². The first-order chi connectivity index (χ1) is 44.9. The average Bonchev–Trinajstić information content (AvgIpc) is 0.932. The predicted octanol–water partition coefficient (Wildman–Crippen LogP) is 4.59. The van der Waals surface area contributed by atoms with Gasteiger partial charge in [0.05, 0.1) is 61.1 Å². The SMILES string of the molecule is C=CC(=O)OCC(COCC(=O)Nc1ccc(Cc2ccc(CC(=O)OCC(COCC(COC(=O)C=C)(COC(=O)C=C)COC(=O)C=C)(COC(=O)C=C)COC(=O)C=C)cc2)cc1)(COCC(COC(=O)C=C)(COC(=O)C=C)COC(=O)C=C)COC(=O)C=C. The Morgan fingerprint density at radius 2 is 0.500 bits per heavy atom. The number of hydrogen-bond donors (Lipinski definition) is 1. The second-order valence-corrected chi connectivity index (χ2v) is 20.7. The molecule has 0 atom stereocenters. The zero-order chi connectivity index (χ0) is 70.0. The molecule has 0 spiro atoms. The molecule has 0 bridgehead atoms. The third-order valence-corrected chi connectivity index (χ3v) is 12.7. The van der Waals surface area contributed by atoms with Crippen molar-refractivity contribution in [3.8, 4) is 0 Å². The number of carbonyl (C=O) groups excluding carboxylic acids is 12. The molecule has 0 radical (unpaired) electrons. The van der Waals surface area contributed by atoms with E-state index in [1.54, 1.807) is 48.5 Å². The van der Waals surface area contributed by atoms with Crippen LogP contribution < -0.4 is 5.32 Å². The first kappa shape index (κ1) is 79.5. The van der Waals surface area contributed by atoms with Crippen LogP contribution >= 0.6 is 0 Å². The van der Waals surface area contributed by atoms with Crippen molar-refractivity contribution in [3.05, 3.63) is 192 Å². The summed E-state index contributed by atoms with van der Waals surface area (Å²) in [4.78, 5) is 149. The van der Waals surface area contributed by atoms with Crippen LogP contribution in [0.5, 0.6) is 0 Å². The molecule has 506 valence electrons. The summed E-state index contributed by atoms with van der Waals surface area (Å²) in [6.07, 6.45) is 8.81. The van der Waals surface area contributed by atoms with Gasteiger partial charge in [-0.1, -0.05) is 102 Å². The maximum Gasteiger partial charge on any atom is 0.330 e. The maximum atomic E-state index is 13.5. The van der Waals surface area contributed by atoms with Gasteiger partial charge in [-0.2, -0.15) is 0 Å². The number of amides is 1. The van der Waals surface area contributed by atoms with Crippen LogP contribution in [0.25, 0.3) is 0 Å². The standard InChI is InChI=1S/C67H77NO26/c1-11-53(70)84-37-64(38-85-54(71)12-2,33-82-34-65(39-86-55(72)13-3,40-87-56(73)14-4)41-88-57(74)15-5)32-81-31-52(69)68-51-27-25-49(26-28-51)29-48-21-23-50(24-22-48)30-63(80)94-47-67(45-92-61(78)19-9,46-93-62(79)20-10)36-83-35-66(42-89-58(75)16-6,43-90-59(76)17-7)44-91-60(77)18-8/h11-28H,1-10,29-47H2,(H,68,69). The lowest BCUT2D eigenvalue weighted by atomic mass is 9.90. The Kier molecular flexibility index (Phi) is 35.9. The first-order valence-electron chi connectivity index (χ1n) is 28.1. The number of benzene rings is 2. The number of ether oxygens (including phenoxy) is 14. The highest BCUT2D eigenvalue weighted by Crippen LogP contribution is 2.29. The van der Waals surface area contributed by atoms with E-state index in [2.05, 4.69) is 71.1 Å². The zero-order valence-electron chi connectivity index (χ0n) is 52.0. The third-order valence-electron chi connectivity index (χ3n) is 12.7. The molecule has 0 saturated carbocycles. The quantitative estimate of drug-likeness (QED) is 0.0538. The van der Waals surface area contributed by atoms with E-state index in [4.69, 9.17) is 66.3 Å². The molecule has 2 aromatic carbocycles. The summed E-state index contributed by atoms with van der Waals surface area (Å²) in [6.45, 7) is 24.5. The van der Waals surface area contributed by atoms with Crippen molar-refractivity contribution in [1.82, 2.24) is 0 Å². The molecule has 0 fully saturated rings. The Balaban J connectivity index is 2.30. The highest BCUT2D eigenvalue weighted by Gasteiger charge is 2.42. The number of carbonyl (C=O) groups is 12. The van der Waals surface area contributed by atoms with Gasteiger partial charge in [-0.3, -0.25) is 9.59 Å². The van der Waals surface area contributed by atoms with Crippen LogP contribution in [0, 0.1) is 21.7 Å². The first-order valence-corrected chi connectivity index (χ1v) is 28.1. The van der Waals surface area contributed by atoms with Crippen LogP contribution in [0.1, 0.15) is 16.7 Å². The van der Waals surface area contributed by atoms with Crippen LogP contribution in [-0.2, 0) is 137 Å². The minimum atomic E-state index is -1.65. The van der Waals surface area contributed by atoms with Gasteiger partial charge in [-0.25, -0.2) is 47.9 Å². The van der Waals surface area contributed by atoms with E-state index < -0.39 is 206 Å². The summed E-state index contributed by atoms with van der Waals surface area (Å²) in [5.74, 6) is -10.3. The number of rotatable bonds is 49. The summed E-state index contributed by atoms with van der Waals surface area (Å²) in [5.41, 5.74) is -3.89. The van der Waals surface area contributed by atoms with Crippen molar-refractivity contribution in [2.24, 2.45) is 21.7 Å². The minimum absolute atomic E-state index is 0.264. The molecule has 27 heteroatoms. The molecule has 2 aromatic rings. The molecule has 2 rings (SSSR count). The van der Waals surface area contributed by atoms with Gasteiger partial charge in [0.25, 0.3) is 0 Å². The number of esters is 11. The van der Waals surface area contributed by atoms with E-state index in [0.29, 0.717) is 17.7 Å². The van der Waals surface area contributed by atoms with Crippen molar-refractivity contribution >= 4 is 77.3 Å². The largest absolute Gasteiger partial charge is 0.464 e. The smallest absolute Gasteiger partial charge is 0.330 e. The fraction of sp³-hybridized carbons (Fsp3) is 0.343. The molecule has 27 nitrogen and oxygen atoms in total. The van der Waals surface area contributed by atoms with Crippen LogP contribution in [0.3, 0.4) is 0 Å². The molecule has 1 N–H and O–H groups in total. The summed E-state index contributed by atoms with van der Waals surface area (Å²) < 4.78 is 76.7. The van der Waals surface area contributed by atoms with Crippen molar-refractivity contribution in [1.29, 1.82) is 0 Å². The molecule has 0 aliphatic carbocycles. The molecule has 0 unspecified atom stereocenters. The van der Waals surface area contributed by atoms with E-state index in [-0.39, 0.29) is 6.42 Å². The van der Waals surface area contributed by atoms with Gasteiger partial charge >= 0.3 is 65.7 Å². The molecular formula is C67H77NO26. The second kappa shape index (κ2) is 42.4. The van der Waals surface area contributed by atoms with Gasteiger partial charge < -0.3 is 71.6 Å². The Morgan fingerprint density at radius 3 is 0.755 bits per heavy atom. The lowest BCUT2D eigenvalue weighted by molar-refractivity contribution is -0.173. The van der Waals surface area contributed by atoms with Gasteiger partial charge in [0, 0.05) is 66.4 Å². The van der Waals surface area contributed by atoms with E-state index in [1.807, 2.05) is 0 Å². The molecule has 0 saturated heterocycles. The maximum absolute atomic E-state index is 13.5. The average molecular weight is 1310 g/mol. The summed E-state index contributed by atoms with van der Waals surface area (Å²) in [7, 11) is 0. The lowest BCUT2D eigenvalue weighted by Crippen LogP contribution is -2.47. The van der Waals surface area contributed by atoms with Crippen molar-refractivity contribution in [3.63, 3.8) is 0 Å². The predicted molar refractivity (Wildman–Crippen MR) is 333 cm³/mol. The van der Waals surface area contributed by atoms with Crippen molar-refractivity contribution in [2.75, 3.05) is 118 Å². The second-order valence-electron chi connectivity index (χ2n) is 20.7. The number of nitrogens with one attached hydrogen (secondary N) is 1. The van der Waals surface area contributed by atoms with E-state index in [1.165, 1.54) is 0 Å².